The molecule has 0 radical (unpaired) electrons. The van der Waals surface area contributed by atoms with Crippen LogP contribution in [0.2, 0.25) is 0 Å². The summed E-state index contributed by atoms with van der Waals surface area (Å²) < 4.78 is 5.30. The number of ether oxygens (including phenoxy) is 1. The maximum Gasteiger partial charge on any atom is 0.411 e. The number of aryl methyl sites for hydroxylation is 1. The molecule has 0 spiro atoms. The van der Waals surface area contributed by atoms with Crippen molar-refractivity contribution in [3.8, 4) is 0 Å². The fraction of sp³-hybridized carbons (Fsp3) is 0.353. The number of aromatic nitrogens is 1. The van der Waals surface area contributed by atoms with Crippen molar-refractivity contribution in [3.63, 3.8) is 0 Å². The number of aliphatic carboxylic acids is 1. The van der Waals surface area contributed by atoms with Gasteiger partial charge in [0.15, 0.2) is 6.04 Å². The summed E-state index contributed by atoms with van der Waals surface area (Å²) >= 11 is 1.23. The number of thiazole rings is 1. The van der Waals surface area contributed by atoms with E-state index in [-0.39, 0.29) is 13.2 Å². The molecule has 1 N–H and O–H groups in total. The van der Waals surface area contributed by atoms with Crippen LogP contribution in [0.3, 0.4) is 0 Å². The lowest BCUT2D eigenvalue weighted by molar-refractivity contribution is -0.143. The minimum Gasteiger partial charge on any atom is -0.479 e. The highest BCUT2D eigenvalue weighted by Gasteiger charge is 2.34. The topological polar surface area (TPSA) is 79.7 Å². The van der Waals surface area contributed by atoms with Crippen molar-refractivity contribution in [2.75, 3.05) is 6.54 Å². The molecule has 1 atom stereocenters. The van der Waals surface area contributed by atoms with E-state index in [1.165, 1.54) is 16.2 Å². The van der Waals surface area contributed by atoms with Crippen molar-refractivity contribution in [2.45, 2.75) is 32.9 Å². The second kappa shape index (κ2) is 8.44. The molecule has 1 aromatic carbocycles. The van der Waals surface area contributed by atoms with Crippen LogP contribution in [0.5, 0.6) is 0 Å². The molecule has 0 aliphatic heterocycles. The van der Waals surface area contributed by atoms with Crippen LogP contribution in [0.1, 0.15) is 35.7 Å². The number of carbonyl (C=O) groups excluding carboxylic acids is 1. The lowest BCUT2D eigenvalue weighted by atomic mass is 10.2. The summed E-state index contributed by atoms with van der Waals surface area (Å²) in [5.41, 5.74) is 1.58. The van der Waals surface area contributed by atoms with E-state index < -0.39 is 18.1 Å². The summed E-state index contributed by atoms with van der Waals surface area (Å²) in [5.74, 6) is -1.12. The van der Waals surface area contributed by atoms with E-state index >= 15 is 0 Å². The molecule has 24 heavy (non-hydrogen) atoms. The Morgan fingerprint density at radius 2 is 2.04 bits per heavy atom. The van der Waals surface area contributed by atoms with Crippen LogP contribution in [0, 0.1) is 6.92 Å². The van der Waals surface area contributed by atoms with E-state index in [0.717, 1.165) is 11.3 Å². The quantitative estimate of drug-likeness (QED) is 0.826. The van der Waals surface area contributed by atoms with Gasteiger partial charge >= 0.3 is 12.1 Å². The van der Waals surface area contributed by atoms with Crippen LogP contribution in [0.15, 0.2) is 35.7 Å². The van der Waals surface area contributed by atoms with E-state index in [0.29, 0.717) is 11.4 Å². The van der Waals surface area contributed by atoms with Gasteiger partial charge in [-0.25, -0.2) is 14.6 Å². The fourth-order valence-electron chi connectivity index (χ4n) is 2.24. The van der Waals surface area contributed by atoms with Crippen LogP contribution in [-0.4, -0.2) is 33.6 Å². The third-order valence-electron chi connectivity index (χ3n) is 3.32. The molecular formula is C17H20N2O4S. The Morgan fingerprint density at radius 1 is 1.33 bits per heavy atom. The first-order valence-corrected chi connectivity index (χ1v) is 8.53. The molecule has 0 fully saturated rings. The Bertz CT molecular complexity index is 687. The molecule has 6 nitrogen and oxygen atoms in total. The van der Waals surface area contributed by atoms with Gasteiger partial charge in [-0.2, -0.15) is 0 Å². The van der Waals surface area contributed by atoms with Gasteiger partial charge in [0, 0.05) is 17.6 Å². The van der Waals surface area contributed by atoms with Crippen molar-refractivity contribution < 1.29 is 19.4 Å². The van der Waals surface area contributed by atoms with Crippen molar-refractivity contribution >= 4 is 23.4 Å². The van der Waals surface area contributed by atoms with Gasteiger partial charge in [0.25, 0.3) is 0 Å². The van der Waals surface area contributed by atoms with E-state index in [2.05, 4.69) is 4.98 Å². The Balaban J connectivity index is 2.15. The number of amides is 1. The molecule has 2 aromatic rings. The second-order valence-corrected chi connectivity index (χ2v) is 6.19. The number of carboxylic acid groups (broad SMARTS) is 1. The van der Waals surface area contributed by atoms with Crippen LogP contribution in [0.4, 0.5) is 4.79 Å². The maximum atomic E-state index is 12.4. The number of hydrogen-bond acceptors (Lipinski definition) is 5. The third-order valence-corrected chi connectivity index (χ3v) is 4.34. The first-order chi connectivity index (χ1) is 11.5. The minimum atomic E-state index is -1.13. The monoisotopic (exact) mass is 348 g/mol. The third kappa shape index (κ3) is 4.55. The SMILES string of the molecule is CCCN(C(=O)OCc1ccccc1)C(C(=O)O)c1nc(C)cs1. The van der Waals surface area contributed by atoms with Gasteiger partial charge in [0.05, 0.1) is 0 Å². The van der Waals surface area contributed by atoms with Crippen molar-refractivity contribution in [1.82, 2.24) is 9.88 Å². The average Bonchev–Trinajstić information content (AvgIpc) is 2.99. The zero-order valence-corrected chi connectivity index (χ0v) is 14.5. The van der Waals surface area contributed by atoms with E-state index in [1.807, 2.05) is 37.3 Å². The molecular weight excluding hydrogens is 328 g/mol. The first kappa shape index (κ1) is 17.9. The molecule has 0 saturated heterocycles. The number of rotatable bonds is 7. The number of carbonyl (C=O) groups is 2. The van der Waals surface area contributed by atoms with Gasteiger partial charge in [0.1, 0.15) is 11.6 Å². The number of benzene rings is 1. The van der Waals surface area contributed by atoms with Gasteiger partial charge in [0.2, 0.25) is 0 Å². The molecule has 0 bridgehead atoms. The normalized spacial score (nSPS) is 11.8. The standard InChI is InChI=1S/C17H20N2O4S/c1-3-9-19(14(16(20)21)15-18-12(2)11-24-15)17(22)23-10-13-7-5-4-6-8-13/h4-8,11,14H,3,9-10H2,1-2H3,(H,20,21). The summed E-state index contributed by atoms with van der Waals surface area (Å²) in [7, 11) is 0. The molecule has 2 rings (SSSR count). The van der Waals surface area contributed by atoms with Crippen molar-refractivity contribution in [2.24, 2.45) is 0 Å². The summed E-state index contributed by atoms with van der Waals surface area (Å²) in [5, 5.41) is 11.7. The maximum absolute atomic E-state index is 12.4. The number of carboxylic acids is 1. The zero-order chi connectivity index (χ0) is 17.5. The van der Waals surface area contributed by atoms with E-state index in [1.54, 1.807) is 12.3 Å². The average molecular weight is 348 g/mol. The van der Waals surface area contributed by atoms with Gasteiger partial charge in [-0.05, 0) is 18.9 Å². The van der Waals surface area contributed by atoms with Gasteiger partial charge < -0.3 is 9.84 Å². The molecule has 0 aliphatic carbocycles. The first-order valence-electron chi connectivity index (χ1n) is 7.65. The molecule has 1 amide bonds. The molecule has 1 heterocycles. The van der Waals surface area contributed by atoms with Crippen LogP contribution in [-0.2, 0) is 16.1 Å². The van der Waals surface area contributed by atoms with Gasteiger partial charge in [-0.15, -0.1) is 11.3 Å². The number of hydrogen-bond donors (Lipinski definition) is 1. The predicted molar refractivity (Wildman–Crippen MR) is 90.9 cm³/mol. The van der Waals surface area contributed by atoms with E-state index in [4.69, 9.17) is 4.74 Å². The van der Waals surface area contributed by atoms with Crippen LogP contribution >= 0.6 is 11.3 Å². The highest BCUT2D eigenvalue weighted by Crippen LogP contribution is 2.26. The summed E-state index contributed by atoms with van der Waals surface area (Å²) in [4.78, 5) is 29.6. The Morgan fingerprint density at radius 3 is 2.58 bits per heavy atom. The molecule has 0 aliphatic rings. The van der Waals surface area contributed by atoms with Crippen LogP contribution in [0.25, 0.3) is 0 Å². The summed E-state index contributed by atoms with van der Waals surface area (Å²) in [6, 6.07) is 8.13. The summed E-state index contributed by atoms with van der Waals surface area (Å²) in [6.45, 7) is 4.05. The molecule has 0 saturated carbocycles. The second-order valence-electron chi connectivity index (χ2n) is 5.30. The van der Waals surface area contributed by atoms with Crippen LogP contribution < -0.4 is 0 Å². The lowest BCUT2D eigenvalue weighted by Crippen LogP contribution is -2.39. The van der Waals surface area contributed by atoms with Crippen molar-refractivity contribution in [3.05, 3.63) is 52.0 Å². The largest absolute Gasteiger partial charge is 0.479 e. The summed E-state index contributed by atoms with van der Waals surface area (Å²) in [6.07, 6.45) is -0.0323. The lowest BCUT2D eigenvalue weighted by Gasteiger charge is -2.26. The Labute approximate surface area is 144 Å². The van der Waals surface area contributed by atoms with E-state index in [9.17, 15) is 14.7 Å². The highest BCUT2D eigenvalue weighted by molar-refractivity contribution is 7.09. The number of nitrogens with zero attached hydrogens (tertiary/aromatic N) is 2. The fourth-order valence-corrected chi connectivity index (χ4v) is 3.14. The Kier molecular flexibility index (Phi) is 6.31. The predicted octanol–water partition coefficient (Wildman–Crippen LogP) is 3.63. The van der Waals surface area contributed by atoms with Gasteiger partial charge in [-0.3, -0.25) is 4.90 Å². The Hall–Kier alpha value is -2.41. The molecule has 7 heteroatoms. The zero-order valence-electron chi connectivity index (χ0n) is 13.6. The molecule has 128 valence electrons. The molecule has 1 aromatic heterocycles. The van der Waals surface area contributed by atoms with Gasteiger partial charge in [-0.1, -0.05) is 37.3 Å². The van der Waals surface area contributed by atoms with Crippen molar-refractivity contribution in [1.29, 1.82) is 0 Å². The highest BCUT2D eigenvalue weighted by atomic mass is 32.1. The minimum absolute atomic E-state index is 0.100. The smallest absolute Gasteiger partial charge is 0.411 e. The molecule has 1 unspecified atom stereocenters.